The van der Waals surface area contributed by atoms with Crippen LogP contribution in [0.3, 0.4) is 0 Å². The van der Waals surface area contributed by atoms with E-state index in [2.05, 4.69) is 12.2 Å². The van der Waals surface area contributed by atoms with Crippen LogP contribution < -0.4 is 5.32 Å². The fourth-order valence-corrected chi connectivity index (χ4v) is 3.99. The van der Waals surface area contributed by atoms with Crippen molar-refractivity contribution < 1.29 is 4.21 Å². The zero-order valence-electron chi connectivity index (χ0n) is 10.1. The molecule has 1 saturated carbocycles. The summed E-state index contributed by atoms with van der Waals surface area (Å²) in [5, 5.41) is 3.82. The van der Waals surface area contributed by atoms with Crippen molar-refractivity contribution in [1.29, 1.82) is 0 Å². The highest BCUT2D eigenvalue weighted by atomic mass is 32.2. The van der Waals surface area contributed by atoms with Crippen LogP contribution in [-0.2, 0) is 10.8 Å². The summed E-state index contributed by atoms with van der Waals surface area (Å²) >= 11 is 0. The maximum atomic E-state index is 11.9. The lowest BCUT2D eigenvalue weighted by atomic mass is 10.1. The first kappa shape index (κ1) is 13.2. The quantitative estimate of drug-likeness (QED) is 0.729. The normalized spacial score (nSPS) is 21.7. The molecule has 0 bridgehead atoms. The molecule has 2 atom stereocenters. The molecule has 0 heterocycles. The van der Waals surface area contributed by atoms with Crippen molar-refractivity contribution in [3.8, 4) is 0 Å². The van der Waals surface area contributed by atoms with Crippen molar-refractivity contribution >= 4 is 10.8 Å². The Morgan fingerprint density at radius 3 is 2.60 bits per heavy atom. The maximum absolute atomic E-state index is 11.9. The van der Waals surface area contributed by atoms with Gasteiger partial charge in [-0.25, -0.2) is 0 Å². The predicted octanol–water partition coefficient (Wildman–Crippen LogP) is 2.46. The van der Waals surface area contributed by atoms with Crippen LogP contribution in [0.15, 0.2) is 0 Å². The highest BCUT2D eigenvalue weighted by Gasteiger charge is 2.20. The van der Waals surface area contributed by atoms with Crippen LogP contribution in [0, 0.1) is 0 Å². The van der Waals surface area contributed by atoms with Gasteiger partial charge >= 0.3 is 0 Å². The Morgan fingerprint density at radius 2 is 2.07 bits per heavy atom. The number of rotatable bonds is 7. The van der Waals surface area contributed by atoms with Crippen molar-refractivity contribution in [3.63, 3.8) is 0 Å². The van der Waals surface area contributed by atoms with Crippen molar-refractivity contribution in [3.05, 3.63) is 0 Å². The zero-order chi connectivity index (χ0) is 11.1. The molecule has 1 N–H and O–H groups in total. The molecule has 0 aromatic heterocycles. The van der Waals surface area contributed by atoms with Crippen LogP contribution in [0.5, 0.6) is 0 Å². The van der Waals surface area contributed by atoms with E-state index in [-0.39, 0.29) is 0 Å². The topological polar surface area (TPSA) is 29.1 Å². The molecule has 1 fully saturated rings. The smallest absolute Gasteiger partial charge is 0.0348 e. The molecule has 0 aliphatic heterocycles. The number of nitrogens with one attached hydrogen (secondary N) is 1. The Morgan fingerprint density at radius 1 is 1.40 bits per heavy atom. The van der Waals surface area contributed by atoms with E-state index in [0.717, 1.165) is 12.2 Å². The molecule has 1 rings (SSSR count). The molecule has 3 heteroatoms. The van der Waals surface area contributed by atoms with Gasteiger partial charge in [-0.3, -0.25) is 4.21 Å². The number of hydrogen-bond acceptors (Lipinski definition) is 2. The molecule has 0 amide bonds. The van der Waals surface area contributed by atoms with E-state index in [4.69, 9.17) is 0 Å². The predicted molar refractivity (Wildman–Crippen MR) is 67.6 cm³/mol. The average Bonchev–Trinajstić information content (AvgIpc) is 2.77. The highest BCUT2D eigenvalue weighted by Crippen LogP contribution is 2.23. The molecule has 1 aliphatic rings. The fourth-order valence-electron chi connectivity index (χ4n) is 2.34. The Balaban J connectivity index is 2.10. The molecule has 0 radical (unpaired) electrons. The van der Waals surface area contributed by atoms with Gasteiger partial charge in [0.2, 0.25) is 0 Å². The van der Waals surface area contributed by atoms with E-state index in [1.165, 1.54) is 38.5 Å². The van der Waals surface area contributed by atoms with Crippen LogP contribution >= 0.6 is 0 Å². The SMILES string of the molecule is CCC(CCCS(=O)C1CCCC1)NC. The second-order valence-corrected chi connectivity index (χ2v) is 6.36. The summed E-state index contributed by atoms with van der Waals surface area (Å²) in [5.41, 5.74) is 0. The van der Waals surface area contributed by atoms with Gasteiger partial charge in [0, 0.05) is 27.8 Å². The molecule has 0 saturated heterocycles. The van der Waals surface area contributed by atoms with E-state index in [1.54, 1.807) is 0 Å². The first-order valence-electron chi connectivity index (χ1n) is 6.32. The molecular weight excluding hydrogens is 206 g/mol. The fraction of sp³-hybridized carbons (Fsp3) is 1.00. The molecule has 2 nitrogen and oxygen atoms in total. The minimum atomic E-state index is -0.544. The second-order valence-electron chi connectivity index (χ2n) is 4.53. The largest absolute Gasteiger partial charge is 0.317 e. The van der Waals surface area contributed by atoms with E-state index in [9.17, 15) is 4.21 Å². The molecule has 0 spiro atoms. The summed E-state index contributed by atoms with van der Waals surface area (Å²) in [4.78, 5) is 0. The molecule has 1 aliphatic carbocycles. The molecule has 0 aromatic rings. The van der Waals surface area contributed by atoms with E-state index >= 15 is 0 Å². The average molecular weight is 231 g/mol. The van der Waals surface area contributed by atoms with Crippen molar-refractivity contribution in [2.45, 2.75) is 63.2 Å². The maximum Gasteiger partial charge on any atom is 0.0348 e. The van der Waals surface area contributed by atoms with Gasteiger partial charge in [0.25, 0.3) is 0 Å². The van der Waals surface area contributed by atoms with Gasteiger partial charge in [-0.1, -0.05) is 19.8 Å². The minimum absolute atomic E-state index is 0.527. The Kier molecular flexibility index (Phi) is 6.50. The highest BCUT2D eigenvalue weighted by molar-refractivity contribution is 7.85. The Labute approximate surface area is 96.7 Å². The van der Waals surface area contributed by atoms with E-state index < -0.39 is 10.8 Å². The van der Waals surface area contributed by atoms with Gasteiger partial charge < -0.3 is 5.32 Å². The molecular formula is C12H25NOS. The van der Waals surface area contributed by atoms with Crippen LogP contribution in [0.1, 0.15) is 51.9 Å². The lowest BCUT2D eigenvalue weighted by molar-refractivity contribution is 0.503. The first-order chi connectivity index (χ1) is 7.27. The van der Waals surface area contributed by atoms with Crippen molar-refractivity contribution in [2.24, 2.45) is 0 Å². The van der Waals surface area contributed by atoms with Gasteiger partial charge in [0.15, 0.2) is 0 Å². The second kappa shape index (κ2) is 7.39. The Hall–Kier alpha value is 0.110. The van der Waals surface area contributed by atoms with E-state index in [0.29, 0.717) is 11.3 Å². The van der Waals surface area contributed by atoms with Crippen LogP contribution in [0.25, 0.3) is 0 Å². The van der Waals surface area contributed by atoms with Crippen LogP contribution in [0.2, 0.25) is 0 Å². The summed E-state index contributed by atoms with van der Waals surface area (Å²) in [6.07, 6.45) is 8.46. The van der Waals surface area contributed by atoms with Gasteiger partial charge in [0.05, 0.1) is 0 Å². The van der Waals surface area contributed by atoms with Gasteiger partial charge in [-0.05, 0) is 39.2 Å². The minimum Gasteiger partial charge on any atom is -0.317 e. The van der Waals surface area contributed by atoms with Gasteiger partial charge in [-0.15, -0.1) is 0 Å². The molecule has 2 unspecified atom stereocenters. The van der Waals surface area contributed by atoms with E-state index in [1.807, 2.05) is 7.05 Å². The Bertz CT molecular complexity index is 186. The third-order valence-electron chi connectivity index (χ3n) is 3.47. The monoisotopic (exact) mass is 231 g/mol. The van der Waals surface area contributed by atoms with Crippen molar-refractivity contribution in [1.82, 2.24) is 5.32 Å². The summed E-state index contributed by atoms with van der Waals surface area (Å²) in [6.45, 7) is 2.20. The third-order valence-corrected chi connectivity index (χ3v) is 5.38. The molecule has 90 valence electrons. The number of hydrogen-bond donors (Lipinski definition) is 1. The summed E-state index contributed by atoms with van der Waals surface area (Å²) in [6, 6.07) is 0.616. The van der Waals surface area contributed by atoms with Crippen LogP contribution in [-0.4, -0.2) is 28.3 Å². The lowest BCUT2D eigenvalue weighted by Crippen LogP contribution is -2.25. The summed E-state index contributed by atoms with van der Waals surface area (Å²) in [5.74, 6) is 0.919. The van der Waals surface area contributed by atoms with Gasteiger partial charge in [0.1, 0.15) is 0 Å². The standard InChI is InChI=1S/C12H25NOS/c1-3-11(13-2)7-6-10-15(14)12-8-4-5-9-12/h11-13H,3-10H2,1-2H3. The summed E-state index contributed by atoms with van der Waals surface area (Å²) < 4.78 is 11.9. The summed E-state index contributed by atoms with van der Waals surface area (Å²) in [7, 11) is 1.47. The van der Waals surface area contributed by atoms with Gasteiger partial charge in [-0.2, -0.15) is 0 Å². The van der Waals surface area contributed by atoms with Crippen molar-refractivity contribution in [2.75, 3.05) is 12.8 Å². The van der Waals surface area contributed by atoms with Crippen LogP contribution in [0.4, 0.5) is 0 Å². The first-order valence-corrected chi connectivity index (χ1v) is 7.70. The third kappa shape index (κ3) is 4.64. The lowest BCUT2D eigenvalue weighted by Gasteiger charge is -2.14. The molecule has 15 heavy (non-hydrogen) atoms. The zero-order valence-corrected chi connectivity index (χ0v) is 10.9. The molecule has 0 aromatic carbocycles.